The number of epoxide rings is 1. The predicted molar refractivity (Wildman–Crippen MR) is 150 cm³/mol. The average Bonchev–Trinajstić information content (AvgIpc) is 3.70. The van der Waals surface area contributed by atoms with E-state index in [4.69, 9.17) is 35.3 Å². The molecule has 11 heteroatoms. The first-order valence-corrected chi connectivity index (χ1v) is 14.5. The monoisotopic (exact) mass is 610 g/mol. The van der Waals surface area contributed by atoms with E-state index in [0.29, 0.717) is 23.1 Å². The topological polar surface area (TPSA) is 141 Å². The first-order valence-electron chi connectivity index (χ1n) is 14.1. The number of ketones is 1. The molecule has 2 saturated heterocycles. The second-order valence-electron chi connectivity index (χ2n) is 12.6. The Morgan fingerprint density at radius 1 is 1.19 bits per heavy atom. The van der Waals surface area contributed by atoms with Crippen molar-refractivity contribution in [2.45, 2.75) is 70.2 Å². The van der Waals surface area contributed by atoms with Crippen LogP contribution in [0, 0.1) is 24.2 Å². The van der Waals surface area contributed by atoms with E-state index in [9.17, 15) is 24.6 Å². The Balaban J connectivity index is 1.48. The van der Waals surface area contributed by atoms with E-state index in [2.05, 4.69) is 0 Å². The van der Waals surface area contributed by atoms with Crippen LogP contribution in [-0.4, -0.2) is 64.7 Å². The Hall–Kier alpha value is -3.60. The zero-order chi connectivity index (χ0) is 30.8. The van der Waals surface area contributed by atoms with Crippen molar-refractivity contribution in [1.82, 2.24) is 0 Å². The van der Waals surface area contributed by atoms with Gasteiger partial charge in [-0.1, -0.05) is 34.9 Å². The molecule has 1 spiro atoms. The number of Topliss-reactive ketones (excluding diaryl/α,β-unsaturated/α-hetero) is 1. The molecule has 3 heterocycles. The second-order valence-corrected chi connectivity index (χ2v) is 12.9. The summed E-state index contributed by atoms with van der Waals surface area (Å²) in [6.07, 6.45) is 3.83. The van der Waals surface area contributed by atoms with Gasteiger partial charge in [0.2, 0.25) is 0 Å². The number of benzene rings is 1. The van der Waals surface area contributed by atoms with Gasteiger partial charge in [-0.3, -0.25) is 9.59 Å². The van der Waals surface area contributed by atoms with Crippen molar-refractivity contribution in [3.63, 3.8) is 0 Å². The number of aromatic hydroxyl groups is 1. The first kappa shape index (κ1) is 28.2. The molecule has 10 nitrogen and oxygen atoms in total. The minimum Gasteiger partial charge on any atom is -0.507 e. The van der Waals surface area contributed by atoms with Crippen LogP contribution in [0.4, 0.5) is 0 Å². The Bertz CT molecular complexity index is 1650. The van der Waals surface area contributed by atoms with Crippen LogP contribution in [0.5, 0.6) is 11.5 Å². The SMILES string of the molecule is COC(=O)[C@]12CC(C)=C[C@@H]3C4=C[C@H](O)[C@@H]5O[C@]5(CC=C(C)C)[C@@H]4OC(=C(Cl)C(=O)[C@]14OC(=O)c1c(O)cc(C)cc1O4)[C@@H]32. The number of aryl methyl sites for hydroxylation is 1. The maximum absolute atomic E-state index is 14.5. The number of phenols is 1. The first-order chi connectivity index (χ1) is 20.3. The van der Waals surface area contributed by atoms with Crippen LogP contribution in [0.2, 0.25) is 0 Å². The molecule has 8 atom stereocenters. The molecule has 43 heavy (non-hydrogen) atoms. The maximum atomic E-state index is 14.5. The minimum atomic E-state index is -2.58. The molecule has 0 aromatic heterocycles. The molecule has 0 saturated carbocycles. The third kappa shape index (κ3) is 3.45. The van der Waals surface area contributed by atoms with E-state index < -0.39 is 70.4 Å². The van der Waals surface area contributed by atoms with Crippen molar-refractivity contribution in [3.8, 4) is 11.5 Å². The fourth-order valence-electron chi connectivity index (χ4n) is 7.84. The van der Waals surface area contributed by atoms with Gasteiger partial charge in [0.25, 0.3) is 5.78 Å². The summed E-state index contributed by atoms with van der Waals surface area (Å²) in [5, 5.41) is 21.3. The van der Waals surface area contributed by atoms with Crippen molar-refractivity contribution < 1.29 is 48.3 Å². The van der Waals surface area contributed by atoms with Crippen molar-refractivity contribution in [3.05, 3.63) is 69.0 Å². The largest absolute Gasteiger partial charge is 0.507 e. The third-order valence-corrected chi connectivity index (χ3v) is 9.97. The molecule has 2 N–H and O–H groups in total. The number of hydrogen-bond donors (Lipinski definition) is 2. The zero-order valence-electron chi connectivity index (χ0n) is 24.2. The number of hydrogen-bond acceptors (Lipinski definition) is 10. The normalized spacial score (nSPS) is 38.2. The molecule has 3 aliphatic carbocycles. The lowest BCUT2D eigenvalue weighted by atomic mass is 9.51. The highest BCUT2D eigenvalue weighted by Gasteiger charge is 2.80. The lowest BCUT2D eigenvalue weighted by Crippen LogP contribution is -2.73. The lowest BCUT2D eigenvalue weighted by Gasteiger charge is -2.59. The summed E-state index contributed by atoms with van der Waals surface area (Å²) in [5.74, 6) is -7.57. The summed E-state index contributed by atoms with van der Waals surface area (Å²) >= 11 is 6.84. The van der Waals surface area contributed by atoms with E-state index >= 15 is 0 Å². The fourth-order valence-corrected chi connectivity index (χ4v) is 8.13. The highest BCUT2D eigenvalue weighted by Crippen LogP contribution is 2.67. The van der Waals surface area contributed by atoms with Crippen LogP contribution in [0.15, 0.2) is 57.9 Å². The molecule has 0 amide bonds. The van der Waals surface area contributed by atoms with Gasteiger partial charge in [0.15, 0.2) is 11.5 Å². The summed E-state index contributed by atoms with van der Waals surface area (Å²) in [6, 6.07) is 2.85. The molecule has 0 radical (unpaired) electrons. The van der Waals surface area contributed by atoms with Crippen molar-refractivity contribution in [2.24, 2.45) is 17.3 Å². The van der Waals surface area contributed by atoms with Gasteiger partial charge in [-0.15, -0.1) is 0 Å². The number of esters is 2. The van der Waals surface area contributed by atoms with Crippen LogP contribution in [-0.2, 0) is 28.5 Å². The summed E-state index contributed by atoms with van der Waals surface area (Å²) in [4.78, 5) is 42.2. The summed E-state index contributed by atoms with van der Waals surface area (Å²) in [6.45, 7) is 7.40. The fraction of sp³-hybridized carbons (Fsp3) is 0.469. The molecule has 0 unspecified atom stereocenters. The number of aliphatic hydroxyl groups excluding tert-OH is 1. The number of methoxy groups -OCH3 is 1. The number of ether oxygens (including phenoxy) is 5. The number of aliphatic hydroxyl groups is 1. The van der Waals surface area contributed by atoms with Gasteiger partial charge in [-0.25, -0.2) is 4.79 Å². The minimum absolute atomic E-state index is 0.0540. The molecule has 2 fully saturated rings. The van der Waals surface area contributed by atoms with Gasteiger partial charge in [-0.05, 0) is 63.5 Å². The molecular weight excluding hydrogens is 580 g/mol. The van der Waals surface area contributed by atoms with Gasteiger partial charge < -0.3 is 33.9 Å². The summed E-state index contributed by atoms with van der Waals surface area (Å²) in [7, 11) is 1.18. The number of carbonyl (C=O) groups is 3. The van der Waals surface area contributed by atoms with Crippen molar-refractivity contribution in [1.29, 1.82) is 0 Å². The standard InChI is InChI=1S/C32H31ClO10/c1-13(2)6-7-31-26-17(11-19(35)27(31)42-31)16-8-15(4)12-30(29(38)39-5)22(16)24(40-26)23(33)25(36)32(30)41-20-10-14(3)9-18(34)21(20)28(37)43-32/h6,8-11,16,19,22,26-27,34-35H,7,12H2,1-5H3/t16-,19+,22-,26-,27+,30-,31-,32+/m1/s1. The molecule has 1 aromatic rings. The highest BCUT2D eigenvalue weighted by molar-refractivity contribution is 6.44. The predicted octanol–water partition coefficient (Wildman–Crippen LogP) is 3.91. The van der Waals surface area contributed by atoms with Crippen LogP contribution in [0.1, 0.15) is 49.5 Å². The van der Waals surface area contributed by atoms with E-state index in [1.54, 1.807) is 19.9 Å². The van der Waals surface area contributed by atoms with E-state index in [-0.39, 0.29) is 28.5 Å². The van der Waals surface area contributed by atoms with Crippen molar-refractivity contribution >= 4 is 29.3 Å². The summed E-state index contributed by atoms with van der Waals surface area (Å²) < 4.78 is 30.2. The Morgan fingerprint density at radius 2 is 1.93 bits per heavy atom. The van der Waals surface area contributed by atoms with Gasteiger partial charge in [-0.2, -0.15) is 0 Å². The van der Waals surface area contributed by atoms with Crippen LogP contribution in [0.3, 0.4) is 0 Å². The van der Waals surface area contributed by atoms with Gasteiger partial charge >= 0.3 is 17.7 Å². The molecule has 0 bridgehead atoms. The van der Waals surface area contributed by atoms with Gasteiger partial charge in [0, 0.05) is 12.3 Å². The van der Waals surface area contributed by atoms with Crippen LogP contribution in [0.25, 0.3) is 0 Å². The molecule has 6 aliphatic rings. The smallest absolute Gasteiger partial charge is 0.349 e. The number of halogens is 1. The Kier molecular flexibility index (Phi) is 5.88. The zero-order valence-corrected chi connectivity index (χ0v) is 25.0. The van der Waals surface area contributed by atoms with Crippen LogP contribution < -0.4 is 4.74 Å². The summed E-state index contributed by atoms with van der Waals surface area (Å²) in [5.41, 5.74) is -0.188. The number of phenolic OH excluding ortho intramolecular Hbond substituents is 1. The van der Waals surface area contributed by atoms with Gasteiger partial charge in [0.1, 0.15) is 45.7 Å². The molecule has 7 rings (SSSR count). The van der Waals surface area contributed by atoms with E-state index in [1.807, 2.05) is 26.0 Å². The maximum Gasteiger partial charge on any atom is 0.349 e. The van der Waals surface area contributed by atoms with E-state index in [1.165, 1.54) is 19.2 Å². The molecule has 3 aliphatic heterocycles. The van der Waals surface area contributed by atoms with Crippen LogP contribution >= 0.6 is 11.6 Å². The van der Waals surface area contributed by atoms with E-state index in [0.717, 1.165) is 5.57 Å². The number of fused-ring (bicyclic) bond motifs is 6. The van der Waals surface area contributed by atoms with Gasteiger partial charge in [0.05, 0.1) is 13.0 Å². The second kappa shape index (κ2) is 8.97. The molecule has 226 valence electrons. The lowest BCUT2D eigenvalue weighted by molar-refractivity contribution is -0.250. The van der Waals surface area contributed by atoms with Crippen molar-refractivity contribution in [2.75, 3.05) is 7.11 Å². The quantitative estimate of drug-likeness (QED) is 0.294. The number of carbonyl (C=O) groups excluding carboxylic acids is 3. The molecular formula is C32H31ClO10. The average molecular weight is 611 g/mol. The molecule has 1 aromatic carbocycles. The number of allylic oxidation sites excluding steroid dienone is 4. The Morgan fingerprint density at radius 3 is 2.63 bits per heavy atom. The Labute approximate surface area is 252 Å². The third-order valence-electron chi connectivity index (χ3n) is 9.62. The number of rotatable bonds is 3. The highest BCUT2D eigenvalue weighted by atomic mass is 35.5.